The van der Waals surface area contributed by atoms with Crippen LogP contribution in [0.4, 0.5) is 18.0 Å². The predicted molar refractivity (Wildman–Crippen MR) is 45.7 cm³/mol. The summed E-state index contributed by atoms with van der Waals surface area (Å²) in [5.41, 5.74) is -1.37. The number of amides is 1. The highest BCUT2D eigenvalue weighted by Gasteiger charge is 2.54. The lowest BCUT2D eigenvalue weighted by Gasteiger charge is -2.33. The van der Waals surface area contributed by atoms with Gasteiger partial charge in [-0.25, -0.2) is 4.79 Å². The SMILES string of the molecule is CC1(C)OC[C@@H](C(O)C(F)(F)F)N1C(=O)O. The van der Waals surface area contributed by atoms with E-state index >= 15 is 0 Å². The van der Waals surface area contributed by atoms with Crippen LogP contribution in [0.25, 0.3) is 0 Å². The number of hydrogen-bond donors (Lipinski definition) is 2. The fourth-order valence-corrected chi connectivity index (χ4v) is 1.66. The van der Waals surface area contributed by atoms with E-state index in [2.05, 4.69) is 0 Å². The summed E-state index contributed by atoms with van der Waals surface area (Å²) in [4.78, 5) is 11.3. The zero-order valence-electron chi connectivity index (χ0n) is 8.65. The van der Waals surface area contributed by atoms with Gasteiger partial charge < -0.3 is 14.9 Å². The lowest BCUT2D eigenvalue weighted by Crippen LogP contribution is -2.54. The molecule has 0 bridgehead atoms. The molecule has 0 aliphatic carbocycles. The molecular formula is C8H12F3NO4. The van der Waals surface area contributed by atoms with Crippen LogP contribution in [0.5, 0.6) is 0 Å². The third kappa shape index (κ3) is 2.22. The molecule has 5 nitrogen and oxygen atoms in total. The van der Waals surface area contributed by atoms with Crippen LogP contribution in [0.3, 0.4) is 0 Å². The van der Waals surface area contributed by atoms with E-state index in [0.29, 0.717) is 4.90 Å². The van der Waals surface area contributed by atoms with Crippen LogP contribution < -0.4 is 0 Å². The van der Waals surface area contributed by atoms with Gasteiger partial charge in [0.1, 0.15) is 5.72 Å². The quantitative estimate of drug-likeness (QED) is 0.721. The van der Waals surface area contributed by atoms with Crippen LogP contribution >= 0.6 is 0 Å². The first-order valence-corrected chi connectivity index (χ1v) is 4.48. The molecule has 1 unspecified atom stereocenters. The van der Waals surface area contributed by atoms with Gasteiger partial charge in [-0.3, -0.25) is 4.90 Å². The first kappa shape index (κ1) is 13.0. The van der Waals surface area contributed by atoms with Crippen LogP contribution in [0.15, 0.2) is 0 Å². The molecule has 0 spiro atoms. The van der Waals surface area contributed by atoms with Crippen molar-refractivity contribution in [3.8, 4) is 0 Å². The van der Waals surface area contributed by atoms with E-state index in [1.54, 1.807) is 0 Å². The van der Waals surface area contributed by atoms with Crippen LogP contribution in [-0.4, -0.2) is 51.9 Å². The minimum atomic E-state index is -4.87. The van der Waals surface area contributed by atoms with Gasteiger partial charge in [-0.05, 0) is 13.8 Å². The van der Waals surface area contributed by atoms with Crippen molar-refractivity contribution in [2.45, 2.75) is 37.9 Å². The molecular weight excluding hydrogens is 231 g/mol. The van der Waals surface area contributed by atoms with Crippen molar-refractivity contribution >= 4 is 6.09 Å². The Hall–Kier alpha value is -1.02. The summed E-state index contributed by atoms with van der Waals surface area (Å²) >= 11 is 0. The number of rotatable bonds is 1. The van der Waals surface area contributed by atoms with Gasteiger partial charge in [-0.15, -0.1) is 0 Å². The smallest absolute Gasteiger partial charge is 0.416 e. The summed E-state index contributed by atoms with van der Waals surface area (Å²) in [6.07, 6.45) is -9.18. The first-order valence-electron chi connectivity index (χ1n) is 4.48. The predicted octanol–water partition coefficient (Wildman–Crippen LogP) is 1.02. The number of ether oxygens (including phenoxy) is 1. The van der Waals surface area contributed by atoms with Gasteiger partial charge in [0, 0.05) is 0 Å². The van der Waals surface area contributed by atoms with Crippen molar-refractivity contribution in [3.05, 3.63) is 0 Å². The summed E-state index contributed by atoms with van der Waals surface area (Å²) in [5.74, 6) is 0. The number of alkyl halides is 3. The molecule has 1 heterocycles. The Morgan fingerprint density at radius 3 is 2.44 bits per heavy atom. The highest BCUT2D eigenvalue weighted by Crippen LogP contribution is 2.34. The average molecular weight is 243 g/mol. The molecule has 1 fully saturated rings. The van der Waals surface area contributed by atoms with Crippen molar-refractivity contribution in [2.75, 3.05) is 6.61 Å². The second kappa shape index (κ2) is 3.77. The summed E-state index contributed by atoms with van der Waals surface area (Å²) < 4.78 is 41.7. The van der Waals surface area contributed by atoms with E-state index in [9.17, 15) is 18.0 Å². The Kier molecular flexibility index (Phi) is 3.08. The Morgan fingerprint density at radius 1 is 1.56 bits per heavy atom. The maximum atomic E-state index is 12.3. The van der Waals surface area contributed by atoms with Gasteiger partial charge in [-0.2, -0.15) is 13.2 Å². The van der Waals surface area contributed by atoms with E-state index in [4.69, 9.17) is 14.9 Å². The van der Waals surface area contributed by atoms with E-state index in [-0.39, 0.29) is 0 Å². The molecule has 2 atom stereocenters. The molecule has 0 saturated carbocycles. The normalized spacial score (nSPS) is 26.9. The monoisotopic (exact) mass is 243 g/mol. The van der Waals surface area contributed by atoms with Gasteiger partial charge in [0.05, 0.1) is 12.6 Å². The van der Waals surface area contributed by atoms with Crippen LogP contribution in [-0.2, 0) is 4.74 Å². The van der Waals surface area contributed by atoms with Gasteiger partial charge in [-0.1, -0.05) is 0 Å². The van der Waals surface area contributed by atoms with Gasteiger partial charge in [0.25, 0.3) is 0 Å². The molecule has 16 heavy (non-hydrogen) atoms. The molecule has 0 aromatic rings. The number of halogens is 3. The van der Waals surface area contributed by atoms with E-state index < -0.39 is 36.7 Å². The van der Waals surface area contributed by atoms with Gasteiger partial charge >= 0.3 is 12.3 Å². The number of carboxylic acid groups (broad SMARTS) is 1. The number of hydrogen-bond acceptors (Lipinski definition) is 3. The molecule has 8 heteroatoms. The molecule has 0 aromatic heterocycles. The van der Waals surface area contributed by atoms with E-state index in [1.165, 1.54) is 13.8 Å². The van der Waals surface area contributed by atoms with Crippen molar-refractivity contribution in [3.63, 3.8) is 0 Å². The van der Waals surface area contributed by atoms with Gasteiger partial charge in [0.15, 0.2) is 6.10 Å². The maximum absolute atomic E-state index is 12.3. The van der Waals surface area contributed by atoms with Crippen molar-refractivity contribution in [2.24, 2.45) is 0 Å². The lowest BCUT2D eigenvalue weighted by atomic mass is 10.1. The zero-order valence-corrected chi connectivity index (χ0v) is 8.65. The number of aliphatic hydroxyl groups excluding tert-OH is 1. The van der Waals surface area contributed by atoms with Crippen LogP contribution in [0, 0.1) is 0 Å². The molecule has 0 aromatic carbocycles. The molecule has 2 N–H and O–H groups in total. The fourth-order valence-electron chi connectivity index (χ4n) is 1.66. The van der Waals surface area contributed by atoms with Crippen molar-refractivity contribution in [1.82, 2.24) is 4.90 Å². The maximum Gasteiger partial charge on any atom is 0.416 e. The highest BCUT2D eigenvalue weighted by molar-refractivity contribution is 5.66. The van der Waals surface area contributed by atoms with Crippen molar-refractivity contribution < 1.29 is 32.9 Å². The third-order valence-electron chi connectivity index (χ3n) is 2.43. The Morgan fingerprint density at radius 2 is 2.06 bits per heavy atom. The average Bonchev–Trinajstić information content (AvgIpc) is 2.37. The summed E-state index contributed by atoms with van der Waals surface area (Å²) in [5, 5.41) is 17.8. The van der Waals surface area contributed by atoms with Gasteiger partial charge in [0.2, 0.25) is 0 Å². The number of carbonyl (C=O) groups is 1. The van der Waals surface area contributed by atoms with Crippen LogP contribution in [0.2, 0.25) is 0 Å². The minimum Gasteiger partial charge on any atom is -0.465 e. The minimum absolute atomic E-state index is 0.477. The summed E-state index contributed by atoms with van der Waals surface area (Å²) in [7, 11) is 0. The zero-order chi connectivity index (χ0) is 12.7. The lowest BCUT2D eigenvalue weighted by molar-refractivity contribution is -0.217. The summed E-state index contributed by atoms with van der Waals surface area (Å²) in [6, 6.07) is -1.63. The highest BCUT2D eigenvalue weighted by atomic mass is 19.4. The Balaban J connectivity index is 2.94. The van der Waals surface area contributed by atoms with Crippen LogP contribution in [0.1, 0.15) is 13.8 Å². The Bertz CT molecular complexity index is 291. The third-order valence-corrected chi connectivity index (χ3v) is 2.43. The number of nitrogens with zero attached hydrogens (tertiary/aromatic N) is 1. The Labute approximate surface area is 89.4 Å². The second-order valence-electron chi connectivity index (χ2n) is 3.96. The van der Waals surface area contributed by atoms with E-state index in [0.717, 1.165) is 0 Å². The number of aliphatic hydroxyl groups is 1. The summed E-state index contributed by atoms with van der Waals surface area (Å²) in [6.45, 7) is 2.16. The molecule has 1 amide bonds. The molecule has 1 saturated heterocycles. The second-order valence-corrected chi connectivity index (χ2v) is 3.96. The standard InChI is InChI=1S/C8H12F3NO4/c1-7(2)12(6(14)15)4(3-16-7)5(13)8(9,10)11/h4-5,13H,3H2,1-2H3,(H,14,15)/t4-,5?/m0/s1. The molecule has 1 aliphatic rings. The fraction of sp³-hybridized carbons (Fsp3) is 0.875. The topological polar surface area (TPSA) is 70.0 Å². The first-order chi connectivity index (χ1) is 7.07. The molecule has 1 rings (SSSR count). The van der Waals surface area contributed by atoms with Crippen molar-refractivity contribution in [1.29, 1.82) is 0 Å². The molecule has 1 aliphatic heterocycles. The molecule has 94 valence electrons. The van der Waals surface area contributed by atoms with E-state index in [1.807, 2.05) is 0 Å². The molecule has 0 radical (unpaired) electrons. The largest absolute Gasteiger partial charge is 0.465 e.